The lowest BCUT2D eigenvalue weighted by atomic mass is 9.87. The Labute approximate surface area is 110 Å². The Morgan fingerprint density at radius 3 is 2.88 bits per heavy atom. The van der Waals surface area contributed by atoms with Crippen molar-refractivity contribution in [1.82, 2.24) is 15.2 Å². The highest BCUT2D eigenvalue weighted by Crippen LogP contribution is 2.25. The third-order valence-corrected chi connectivity index (χ3v) is 3.35. The first-order valence-electron chi connectivity index (χ1n) is 5.63. The maximum absolute atomic E-state index is 9.56. The van der Waals surface area contributed by atoms with Gasteiger partial charge in [-0.25, -0.2) is 0 Å². The number of aromatic nitrogens is 3. The average molecular weight is 277 g/mol. The number of anilines is 1. The molecule has 2 rings (SSSR count). The van der Waals surface area contributed by atoms with Gasteiger partial charge in [-0.2, -0.15) is 4.98 Å². The summed E-state index contributed by atoms with van der Waals surface area (Å²) in [4.78, 5) is 3.96. The Morgan fingerprint density at radius 1 is 1.29 bits per heavy atom. The molecule has 7 heteroatoms. The molecule has 0 aliphatic heterocycles. The van der Waals surface area contributed by atoms with Gasteiger partial charge in [0.2, 0.25) is 5.28 Å². The number of hydrogen-bond acceptors (Lipinski definition) is 5. The van der Waals surface area contributed by atoms with Crippen molar-refractivity contribution < 1.29 is 5.11 Å². The molecule has 17 heavy (non-hydrogen) atoms. The third kappa shape index (κ3) is 3.66. The van der Waals surface area contributed by atoms with E-state index < -0.39 is 0 Å². The Balaban J connectivity index is 1.90. The van der Waals surface area contributed by atoms with Crippen LogP contribution in [-0.2, 0) is 0 Å². The first kappa shape index (κ1) is 12.8. The summed E-state index contributed by atoms with van der Waals surface area (Å²) in [5.74, 6) is 0.885. The highest BCUT2D eigenvalue weighted by Gasteiger charge is 2.20. The van der Waals surface area contributed by atoms with E-state index in [1.807, 2.05) is 0 Å². The third-order valence-electron chi connectivity index (χ3n) is 2.93. The number of nitrogens with one attached hydrogen (secondary N) is 1. The van der Waals surface area contributed by atoms with Crippen LogP contribution in [0.2, 0.25) is 10.4 Å². The van der Waals surface area contributed by atoms with Gasteiger partial charge in [-0.05, 0) is 36.8 Å². The predicted molar refractivity (Wildman–Crippen MR) is 66.3 cm³/mol. The molecule has 0 spiro atoms. The van der Waals surface area contributed by atoms with Gasteiger partial charge in [0.25, 0.3) is 0 Å². The van der Waals surface area contributed by atoms with Crippen LogP contribution < -0.4 is 5.32 Å². The van der Waals surface area contributed by atoms with Gasteiger partial charge in [0, 0.05) is 6.54 Å². The summed E-state index contributed by atoms with van der Waals surface area (Å²) in [6.45, 7) is 0.714. The lowest BCUT2D eigenvalue weighted by Gasteiger charge is -2.26. The summed E-state index contributed by atoms with van der Waals surface area (Å²) in [6, 6.07) is 0. The molecule has 1 saturated carbocycles. The highest BCUT2D eigenvalue weighted by molar-refractivity contribution is 6.32. The molecule has 2 unspecified atom stereocenters. The fourth-order valence-corrected chi connectivity index (χ4v) is 2.36. The maximum Gasteiger partial charge on any atom is 0.245 e. The lowest BCUT2D eigenvalue weighted by molar-refractivity contribution is 0.104. The second-order valence-electron chi connectivity index (χ2n) is 4.29. The van der Waals surface area contributed by atoms with Gasteiger partial charge < -0.3 is 10.4 Å². The molecule has 1 aromatic rings. The number of aliphatic hydroxyl groups is 1. The van der Waals surface area contributed by atoms with Crippen molar-refractivity contribution in [3.05, 3.63) is 10.4 Å². The van der Waals surface area contributed by atoms with Gasteiger partial charge in [-0.1, -0.05) is 18.0 Å². The van der Waals surface area contributed by atoms with Crippen molar-refractivity contribution in [1.29, 1.82) is 0 Å². The molecule has 1 aromatic heterocycles. The SMILES string of the molecule is OC1CCCC(CNc2nc(Cl)nnc2Cl)C1. The Hall–Kier alpha value is -0.650. The summed E-state index contributed by atoms with van der Waals surface area (Å²) in [5.41, 5.74) is 0. The minimum Gasteiger partial charge on any atom is -0.393 e. The first-order chi connectivity index (χ1) is 8.15. The zero-order chi connectivity index (χ0) is 12.3. The van der Waals surface area contributed by atoms with Crippen LogP contribution in [-0.4, -0.2) is 32.9 Å². The number of rotatable bonds is 3. The van der Waals surface area contributed by atoms with Gasteiger partial charge in [0.1, 0.15) is 0 Å². The van der Waals surface area contributed by atoms with E-state index in [0.717, 1.165) is 25.7 Å². The number of hydrogen-bond donors (Lipinski definition) is 2. The van der Waals surface area contributed by atoms with Crippen molar-refractivity contribution in [3.8, 4) is 0 Å². The van der Waals surface area contributed by atoms with E-state index >= 15 is 0 Å². The van der Waals surface area contributed by atoms with Crippen LogP contribution in [0.5, 0.6) is 0 Å². The molecule has 1 fully saturated rings. The monoisotopic (exact) mass is 276 g/mol. The highest BCUT2D eigenvalue weighted by atomic mass is 35.5. The van der Waals surface area contributed by atoms with Crippen molar-refractivity contribution in [3.63, 3.8) is 0 Å². The number of aliphatic hydroxyl groups excluding tert-OH is 1. The van der Waals surface area contributed by atoms with Gasteiger partial charge >= 0.3 is 0 Å². The summed E-state index contributed by atoms with van der Waals surface area (Å²) in [6.07, 6.45) is 3.70. The van der Waals surface area contributed by atoms with Crippen LogP contribution >= 0.6 is 23.2 Å². The molecular weight excluding hydrogens is 263 g/mol. The second-order valence-corrected chi connectivity index (χ2v) is 4.98. The smallest absolute Gasteiger partial charge is 0.245 e. The molecule has 5 nitrogen and oxygen atoms in total. The summed E-state index contributed by atoms with van der Waals surface area (Å²) in [5, 5.41) is 20.2. The quantitative estimate of drug-likeness (QED) is 0.885. The normalized spacial score (nSPS) is 24.6. The molecule has 0 amide bonds. The van der Waals surface area contributed by atoms with E-state index in [1.54, 1.807) is 0 Å². The Bertz CT molecular complexity index is 391. The molecule has 2 N–H and O–H groups in total. The average Bonchev–Trinajstić information content (AvgIpc) is 2.30. The Kier molecular flexibility index (Phi) is 4.36. The van der Waals surface area contributed by atoms with Crippen LogP contribution in [0.4, 0.5) is 5.82 Å². The van der Waals surface area contributed by atoms with E-state index in [-0.39, 0.29) is 16.5 Å². The van der Waals surface area contributed by atoms with Crippen LogP contribution in [0.1, 0.15) is 25.7 Å². The molecule has 94 valence electrons. The molecule has 0 aromatic carbocycles. The van der Waals surface area contributed by atoms with E-state index in [2.05, 4.69) is 20.5 Å². The van der Waals surface area contributed by atoms with Gasteiger partial charge in [-0.3, -0.25) is 0 Å². The van der Waals surface area contributed by atoms with Crippen molar-refractivity contribution in [2.75, 3.05) is 11.9 Å². The topological polar surface area (TPSA) is 70.9 Å². The van der Waals surface area contributed by atoms with Gasteiger partial charge in [0.15, 0.2) is 11.0 Å². The van der Waals surface area contributed by atoms with Gasteiger partial charge in [0.05, 0.1) is 6.10 Å². The second kappa shape index (κ2) is 5.80. The number of halogens is 2. The minimum atomic E-state index is -0.182. The van der Waals surface area contributed by atoms with Crippen molar-refractivity contribution in [2.45, 2.75) is 31.8 Å². The predicted octanol–water partition coefficient (Wildman–Crippen LogP) is 2.14. The van der Waals surface area contributed by atoms with E-state index in [4.69, 9.17) is 23.2 Å². The van der Waals surface area contributed by atoms with Crippen molar-refractivity contribution in [2.24, 2.45) is 5.92 Å². The molecule has 0 bridgehead atoms. The summed E-state index contributed by atoms with van der Waals surface area (Å²) >= 11 is 11.5. The van der Waals surface area contributed by atoms with E-state index in [1.165, 1.54) is 0 Å². The maximum atomic E-state index is 9.56. The van der Waals surface area contributed by atoms with Crippen LogP contribution in [0.15, 0.2) is 0 Å². The molecule has 1 heterocycles. The molecule has 0 saturated heterocycles. The van der Waals surface area contributed by atoms with E-state index in [0.29, 0.717) is 18.3 Å². The lowest BCUT2D eigenvalue weighted by Crippen LogP contribution is -2.25. The van der Waals surface area contributed by atoms with Crippen molar-refractivity contribution >= 4 is 29.0 Å². The van der Waals surface area contributed by atoms with Crippen LogP contribution in [0, 0.1) is 5.92 Å². The zero-order valence-corrected chi connectivity index (χ0v) is 10.7. The standard InChI is InChI=1S/C10H14Cl2N4O/c11-8-9(14-10(12)16-15-8)13-5-6-2-1-3-7(17)4-6/h6-7,17H,1-5H2,(H,13,14,16). The molecule has 2 atom stereocenters. The molecular formula is C10H14Cl2N4O. The number of nitrogens with zero attached hydrogens (tertiary/aromatic N) is 3. The fourth-order valence-electron chi connectivity index (χ4n) is 2.09. The summed E-state index contributed by atoms with van der Waals surface area (Å²) < 4.78 is 0. The molecule has 0 radical (unpaired) electrons. The summed E-state index contributed by atoms with van der Waals surface area (Å²) in [7, 11) is 0. The Morgan fingerprint density at radius 2 is 2.12 bits per heavy atom. The largest absolute Gasteiger partial charge is 0.393 e. The molecule has 1 aliphatic rings. The zero-order valence-electron chi connectivity index (χ0n) is 9.24. The van der Waals surface area contributed by atoms with Gasteiger partial charge in [-0.15, -0.1) is 10.2 Å². The first-order valence-corrected chi connectivity index (χ1v) is 6.38. The fraction of sp³-hybridized carbons (Fsp3) is 0.700. The van der Waals surface area contributed by atoms with Crippen LogP contribution in [0.3, 0.4) is 0 Å². The van der Waals surface area contributed by atoms with Crippen LogP contribution in [0.25, 0.3) is 0 Å². The molecule has 1 aliphatic carbocycles. The minimum absolute atomic E-state index is 0.0700. The van der Waals surface area contributed by atoms with E-state index in [9.17, 15) is 5.11 Å².